The molecule has 1 aromatic heterocycles. The van der Waals surface area contributed by atoms with Gasteiger partial charge in [-0.1, -0.05) is 23.8 Å². The molecule has 0 saturated heterocycles. The van der Waals surface area contributed by atoms with E-state index in [9.17, 15) is 10.1 Å². The van der Waals surface area contributed by atoms with Gasteiger partial charge in [-0.3, -0.25) is 0 Å². The molecule has 0 fully saturated rings. The number of aryl methyl sites for hydroxylation is 1. The molecule has 0 radical (unpaired) electrons. The molecule has 0 atom stereocenters. The lowest BCUT2D eigenvalue weighted by Gasteiger charge is -2.38. The van der Waals surface area contributed by atoms with Gasteiger partial charge >= 0.3 is 7.12 Å². The van der Waals surface area contributed by atoms with Gasteiger partial charge in [-0.25, -0.2) is 4.98 Å². The predicted octanol–water partition coefficient (Wildman–Crippen LogP) is 2.37. The second-order valence-electron chi connectivity index (χ2n) is 6.47. The van der Waals surface area contributed by atoms with Gasteiger partial charge in [-0.15, -0.1) is 11.3 Å². The van der Waals surface area contributed by atoms with E-state index in [4.69, 9.17) is 4.65 Å². The number of nitrogens with zero attached hydrogens (tertiary/aromatic N) is 1. The molecule has 2 N–H and O–H groups in total. The second-order valence-corrected chi connectivity index (χ2v) is 7.36. The van der Waals surface area contributed by atoms with Gasteiger partial charge in [-0.2, -0.15) is 0 Å². The number of hydrogen-bond donors (Lipinski definition) is 2. The van der Waals surface area contributed by atoms with Gasteiger partial charge < -0.3 is 14.8 Å². The highest BCUT2D eigenvalue weighted by Crippen LogP contribution is 2.27. The summed E-state index contributed by atoms with van der Waals surface area (Å²) < 4.78 is 6.36. The molecule has 1 aromatic carbocycles. The molecule has 118 valence electrons. The van der Waals surface area contributed by atoms with E-state index in [0.29, 0.717) is 10.5 Å². The van der Waals surface area contributed by atoms with E-state index in [1.54, 1.807) is 33.2 Å². The largest absolute Gasteiger partial charge is 0.504 e. The average molecular weight is 319 g/mol. The summed E-state index contributed by atoms with van der Waals surface area (Å²) in [5, 5.41) is 20.6. The Hall–Kier alpha value is -1.21. The zero-order valence-electron chi connectivity index (χ0n) is 13.6. The van der Waals surface area contributed by atoms with E-state index in [1.165, 1.54) is 11.3 Å². The summed E-state index contributed by atoms with van der Waals surface area (Å²) in [6.45, 7) is 8.84. The monoisotopic (exact) mass is 319 g/mol. The molecule has 0 amide bonds. The van der Waals surface area contributed by atoms with Gasteiger partial charge in [-0.05, 0) is 40.7 Å². The first-order chi connectivity index (χ1) is 10.1. The molecule has 0 aliphatic heterocycles. The normalized spacial score (nSPS) is 12.5. The molecule has 0 aliphatic rings. The standard InChI is InChI=1S/C16H22BNO3S/c1-11-7-6-8-12(9-11)13-14(22-10-18-13)17(20)21-16(4,5)15(2,3)19/h6-10,19-20H,1-5H3. The van der Waals surface area contributed by atoms with Crippen LogP contribution in [0.25, 0.3) is 11.3 Å². The van der Waals surface area contributed by atoms with Crippen LogP contribution in [0.2, 0.25) is 0 Å². The van der Waals surface area contributed by atoms with E-state index in [2.05, 4.69) is 4.98 Å². The van der Waals surface area contributed by atoms with E-state index in [-0.39, 0.29) is 0 Å². The first kappa shape index (κ1) is 17.2. The van der Waals surface area contributed by atoms with Crippen LogP contribution in [0.15, 0.2) is 29.8 Å². The Labute approximate surface area is 135 Å². The quantitative estimate of drug-likeness (QED) is 0.831. The molecule has 0 bridgehead atoms. The molecule has 22 heavy (non-hydrogen) atoms. The lowest BCUT2D eigenvalue weighted by Crippen LogP contribution is -2.53. The summed E-state index contributed by atoms with van der Waals surface area (Å²) in [4.78, 5) is 4.36. The molecule has 6 heteroatoms. The molecule has 2 rings (SSSR count). The van der Waals surface area contributed by atoms with Gasteiger partial charge in [0.15, 0.2) is 0 Å². The van der Waals surface area contributed by atoms with Crippen molar-refractivity contribution in [3.63, 3.8) is 0 Å². The van der Waals surface area contributed by atoms with Gasteiger partial charge in [0.25, 0.3) is 0 Å². The Morgan fingerprint density at radius 3 is 2.50 bits per heavy atom. The van der Waals surface area contributed by atoms with E-state index in [1.807, 2.05) is 31.2 Å². The van der Waals surface area contributed by atoms with E-state index < -0.39 is 18.3 Å². The third kappa shape index (κ3) is 3.58. The van der Waals surface area contributed by atoms with E-state index in [0.717, 1.165) is 11.1 Å². The SMILES string of the molecule is Cc1cccc(-c2ncsc2B(O)OC(C)(C)C(C)(C)O)c1. The smallest absolute Gasteiger partial charge is 0.422 e. The molecule has 2 aromatic rings. The number of aliphatic hydroxyl groups is 1. The molecular formula is C16H22BNO3S. The van der Waals surface area contributed by atoms with Crippen LogP contribution in [0.3, 0.4) is 0 Å². The minimum absolute atomic E-state index is 0.642. The Morgan fingerprint density at radius 1 is 1.23 bits per heavy atom. The minimum atomic E-state index is -1.13. The lowest BCUT2D eigenvalue weighted by molar-refractivity contribution is -0.0981. The van der Waals surface area contributed by atoms with Crippen LogP contribution in [-0.4, -0.2) is 33.4 Å². The van der Waals surface area contributed by atoms with E-state index >= 15 is 0 Å². The fourth-order valence-electron chi connectivity index (χ4n) is 1.92. The van der Waals surface area contributed by atoms with Crippen molar-refractivity contribution < 1.29 is 14.8 Å². The number of thiazole rings is 1. The average Bonchev–Trinajstić information content (AvgIpc) is 2.86. The minimum Gasteiger partial charge on any atom is -0.422 e. The fraction of sp³-hybridized carbons (Fsp3) is 0.438. The van der Waals surface area contributed by atoms with Crippen LogP contribution in [0.5, 0.6) is 0 Å². The lowest BCUT2D eigenvalue weighted by atomic mass is 9.80. The first-order valence-electron chi connectivity index (χ1n) is 7.20. The third-order valence-corrected chi connectivity index (χ3v) is 4.85. The predicted molar refractivity (Wildman–Crippen MR) is 91.4 cm³/mol. The molecule has 0 aliphatic carbocycles. The van der Waals surface area contributed by atoms with Crippen LogP contribution < -0.4 is 4.78 Å². The van der Waals surface area contributed by atoms with Crippen molar-refractivity contribution in [1.82, 2.24) is 4.98 Å². The first-order valence-corrected chi connectivity index (χ1v) is 8.08. The summed E-state index contributed by atoms with van der Waals surface area (Å²) in [5.41, 5.74) is 2.50. The van der Waals surface area contributed by atoms with Crippen molar-refractivity contribution in [1.29, 1.82) is 0 Å². The van der Waals surface area contributed by atoms with Gasteiger partial charge in [0.2, 0.25) is 0 Å². The highest BCUT2D eigenvalue weighted by atomic mass is 32.1. The van der Waals surface area contributed by atoms with Gasteiger partial charge in [0, 0.05) is 5.56 Å². The van der Waals surface area contributed by atoms with Crippen molar-refractivity contribution in [2.45, 2.75) is 45.8 Å². The van der Waals surface area contributed by atoms with Crippen molar-refractivity contribution in [3.05, 3.63) is 35.3 Å². The number of benzene rings is 1. The summed E-state index contributed by atoms with van der Waals surface area (Å²) in [5.74, 6) is 0. The molecular weight excluding hydrogens is 297 g/mol. The number of rotatable bonds is 5. The maximum atomic E-state index is 10.5. The topological polar surface area (TPSA) is 62.6 Å². The van der Waals surface area contributed by atoms with Crippen molar-refractivity contribution in [2.75, 3.05) is 0 Å². The second kappa shape index (κ2) is 6.12. The highest BCUT2D eigenvalue weighted by Gasteiger charge is 2.40. The molecule has 1 heterocycles. The maximum Gasteiger partial charge on any atom is 0.504 e. The van der Waals surface area contributed by atoms with Crippen molar-refractivity contribution >= 4 is 23.2 Å². The third-order valence-electron chi connectivity index (χ3n) is 3.99. The molecule has 4 nitrogen and oxygen atoms in total. The summed E-state index contributed by atoms with van der Waals surface area (Å²) in [7, 11) is -1.13. The van der Waals surface area contributed by atoms with Gasteiger partial charge in [0.1, 0.15) is 0 Å². The molecule has 0 saturated carbocycles. The van der Waals surface area contributed by atoms with Crippen LogP contribution >= 0.6 is 11.3 Å². The fourth-order valence-corrected chi connectivity index (χ4v) is 2.63. The number of hydrogen-bond acceptors (Lipinski definition) is 5. The number of aromatic nitrogens is 1. The van der Waals surface area contributed by atoms with Gasteiger partial charge in [0.05, 0.1) is 27.2 Å². The van der Waals surface area contributed by atoms with Crippen LogP contribution in [0.4, 0.5) is 0 Å². The van der Waals surface area contributed by atoms with Crippen LogP contribution in [0.1, 0.15) is 33.3 Å². The van der Waals surface area contributed by atoms with Crippen molar-refractivity contribution in [2.24, 2.45) is 0 Å². The zero-order chi connectivity index (χ0) is 16.5. The Bertz CT molecular complexity index is 649. The van der Waals surface area contributed by atoms with Crippen LogP contribution in [-0.2, 0) is 4.65 Å². The van der Waals surface area contributed by atoms with Crippen LogP contribution in [0, 0.1) is 6.92 Å². The maximum absolute atomic E-state index is 10.5. The molecule has 0 unspecified atom stereocenters. The summed E-state index contributed by atoms with van der Waals surface area (Å²) >= 11 is 1.34. The summed E-state index contributed by atoms with van der Waals surface area (Å²) in [6, 6.07) is 7.95. The Morgan fingerprint density at radius 2 is 1.91 bits per heavy atom. The summed E-state index contributed by atoms with van der Waals surface area (Å²) in [6.07, 6.45) is 0. The highest BCUT2D eigenvalue weighted by molar-refractivity contribution is 7.21. The van der Waals surface area contributed by atoms with Crippen molar-refractivity contribution in [3.8, 4) is 11.3 Å². The molecule has 0 spiro atoms. The Kier molecular flexibility index (Phi) is 4.77. The zero-order valence-corrected chi connectivity index (χ0v) is 14.4. The Balaban J connectivity index is 2.30.